The molecule has 116 valence electrons. The molecule has 7 nitrogen and oxygen atoms in total. The SMILES string of the molecule is CNC(C)(CCOc1cc([N+](=O)[O-])ccc1C)C(=O)OC. The fourth-order valence-electron chi connectivity index (χ4n) is 1.78. The molecule has 0 bridgehead atoms. The number of aryl methyl sites for hydroxylation is 1. The number of nitro benzene ring substituents is 1. The van der Waals surface area contributed by atoms with Gasteiger partial charge in [0.05, 0.1) is 24.7 Å². The molecule has 1 N–H and O–H groups in total. The first-order valence-corrected chi connectivity index (χ1v) is 6.49. The molecule has 0 saturated carbocycles. The zero-order chi connectivity index (χ0) is 16.0. The number of hydrogen-bond acceptors (Lipinski definition) is 6. The van der Waals surface area contributed by atoms with Crippen LogP contribution in [0.15, 0.2) is 18.2 Å². The molecule has 0 amide bonds. The summed E-state index contributed by atoms with van der Waals surface area (Å²) in [6, 6.07) is 4.43. The van der Waals surface area contributed by atoms with Crippen LogP contribution in [-0.4, -0.2) is 37.2 Å². The van der Waals surface area contributed by atoms with E-state index >= 15 is 0 Å². The topological polar surface area (TPSA) is 90.7 Å². The fourth-order valence-corrected chi connectivity index (χ4v) is 1.78. The summed E-state index contributed by atoms with van der Waals surface area (Å²) in [6.45, 7) is 3.74. The van der Waals surface area contributed by atoms with E-state index in [1.54, 1.807) is 27.0 Å². The number of nitrogens with zero attached hydrogens (tertiary/aromatic N) is 1. The Morgan fingerprint density at radius 3 is 2.67 bits per heavy atom. The lowest BCUT2D eigenvalue weighted by molar-refractivity contribution is -0.384. The lowest BCUT2D eigenvalue weighted by Gasteiger charge is -2.26. The predicted octanol–water partition coefficient (Wildman–Crippen LogP) is 1.82. The summed E-state index contributed by atoms with van der Waals surface area (Å²) >= 11 is 0. The first-order valence-electron chi connectivity index (χ1n) is 6.49. The molecule has 7 heteroatoms. The monoisotopic (exact) mass is 296 g/mol. The van der Waals surface area contributed by atoms with E-state index in [2.05, 4.69) is 5.32 Å². The van der Waals surface area contributed by atoms with Gasteiger partial charge in [0.25, 0.3) is 5.69 Å². The van der Waals surface area contributed by atoms with E-state index in [1.807, 2.05) is 0 Å². The first kappa shape index (κ1) is 16.9. The molecule has 0 aromatic heterocycles. The third-order valence-corrected chi connectivity index (χ3v) is 3.43. The van der Waals surface area contributed by atoms with Gasteiger partial charge in [-0.1, -0.05) is 0 Å². The number of hydrogen-bond donors (Lipinski definition) is 1. The number of nitro groups is 1. The van der Waals surface area contributed by atoms with Gasteiger partial charge in [-0.05, 0) is 32.5 Å². The average Bonchev–Trinajstić information content (AvgIpc) is 2.47. The van der Waals surface area contributed by atoms with E-state index in [4.69, 9.17) is 9.47 Å². The Kier molecular flexibility index (Phi) is 5.66. The van der Waals surface area contributed by atoms with Crippen molar-refractivity contribution in [2.75, 3.05) is 20.8 Å². The Bertz CT molecular complexity index is 532. The van der Waals surface area contributed by atoms with Gasteiger partial charge < -0.3 is 14.8 Å². The van der Waals surface area contributed by atoms with Gasteiger partial charge in [-0.15, -0.1) is 0 Å². The van der Waals surface area contributed by atoms with Crippen molar-refractivity contribution < 1.29 is 19.2 Å². The van der Waals surface area contributed by atoms with Gasteiger partial charge in [-0.2, -0.15) is 0 Å². The number of carbonyl (C=O) groups is 1. The minimum absolute atomic E-state index is 0.0278. The highest BCUT2D eigenvalue weighted by Crippen LogP contribution is 2.24. The lowest BCUT2D eigenvalue weighted by atomic mass is 9.99. The smallest absolute Gasteiger partial charge is 0.325 e. The maximum Gasteiger partial charge on any atom is 0.325 e. The minimum atomic E-state index is -0.858. The zero-order valence-corrected chi connectivity index (χ0v) is 12.6. The fraction of sp³-hybridized carbons (Fsp3) is 0.500. The first-order chi connectivity index (χ1) is 9.84. The highest BCUT2D eigenvalue weighted by molar-refractivity contribution is 5.80. The molecule has 0 aliphatic heterocycles. The molecule has 1 atom stereocenters. The summed E-state index contributed by atoms with van der Waals surface area (Å²) in [6.07, 6.45) is 0.373. The molecule has 0 radical (unpaired) electrons. The van der Waals surface area contributed by atoms with Gasteiger partial charge in [0.1, 0.15) is 11.3 Å². The molecular weight excluding hydrogens is 276 g/mol. The standard InChI is InChI=1S/C14H20N2O5/c1-10-5-6-11(16(18)19)9-12(10)21-8-7-14(2,15-3)13(17)20-4/h5-6,9,15H,7-8H2,1-4H3. The number of methoxy groups -OCH3 is 1. The number of esters is 1. The van der Waals surface area contributed by atoms with E-state index in [9.17, 15) is 14.9 Å². The zero-order valence-electron chi connectivity index (χ0n) is 12.6. The van der Waals surface area contributed by atoms with Gasteiger partial charge >= 0.3 is 5.97 Å². The Morgan fingerprint density at radius 2 is 2.14 bits per heavy atom. The summed E-state index contributed by atoms with van der Waals surface area (Å²) in [5, 5.41) is 13.6. The Morgan fingerprint density at radius 1 is 1.48 bits per heavy atom. The predicted molar refractivity (Wildman–Crippen MR) is 77.4 cm³/mol. The van der Waals surface area contributed by atoms with Crippen molar-refractivity contribution in [1.82, 2.24) is 5.32 Å². The minimum Gasteiger partial charge on any atom is -0.493 e. The van der Waals surface area contributed by atoms with E-state index in [0.717, 1.165) is 5.56 Å². The van der Waals surface area contributed by atoms with Gasteiger partial charge in [0.15, 0.2) is 0 Å². The van der Waals surface area contributed by atoms with Gasteiger partial charge in [0, 0.05) is 12.5 Å². The molecule has 0 fully saturated rings. The van der Waals surface area contributed by atoms with Gasteiger partial charge in [0.2, 0.25) is 0 Å². The third-order valence-electron chi connectivity index (χ3n) is 3.43. The highest BCUT2D eigenvalue weighted by Gasteiger charge is 2.32. The second kappa shape index (κ2) is 7.03. The quantitative estimate of drug-likeness (QED) is 0.469. The summed E-state index contributed by atoms with van der Waals surface area (Å²) < 4.78 is 10.3. The van der Waals surface area contributed by atoms with Crippen molar-refractivity contribution in [1.29, 1.82) is 0 Å². The largest absolute Gasteiger partial charge is 0.493 e. The third kappa shape index (κ3) is 4.16. The normalized spacial score (nSPS) is 13.3. The van der Waals surface area contributed by atoms with Crippen LogP contribution < -0.4 is 10.1 Å². The molecule has 0 aliphatic rings. The van der Waals surface area contributed by atoms with Crippen LogP contribution in [0.4, 0.5) is 5.69 Å². The molecule has 21 heavy (non-hydrogen) atoms. The van der Waals surface area contributed by atoms with E-state index in [0.29, 0.717) is 12.2 Å². The number of non-ortho nitro benzene ring substituents is 1. The van der Waals surface area contributed by atoms with Crippen molar-refractivity contribution in [3.8, 4) is 5.75 Å². The van der Waals surface area contributed by atoms with Crippen LogP contribution in [0.1, 0.15) is 18.9 Å². The molecule has 1 aromatic rings. The molecule has 0 saturated heterocycles. The Labute approximate surface area is 123 Å². The van der Waals surface area contributed by atoms with Crippen molar-refractivity contribution in [2.24, 2.45) is 0 Å². The van der Waals surface area contributed by atoms with Gasteiger partial charge in [-0.3, -0.25) is 14.9 Å². The van der Waals surface area contributed by atoms with E-state index < -0.39 is 10.5 Å². The van der Waals surface area contributed by atoms with Crippen LogP contribution in [-0.2, 0) is 9.53 Å². The van der Waals surface area contributed by atoms with Crippen LogP contribution >= 0.6 is 0 Å². The summed E-state index contributed by atoms with van der Waals surface area (Å²) in [5.41, 5.74) is -0.0895. The Hall–Kier alpha value is -2.15. The van der Waals surface area contributed by atoms with Crippen molar-refractivity contribution >= 4 is 11.7 Å². The number of likely N-dealkylation sites (N-methyl/N-ethyl adjacent to an activating group) is 1. The van der Waals surface area contributed by atoms with Crippen molar-refractivity contribution in [3.05, 3.63) is 33.9 Å². The highest BCUT2D eigenvalue weighted by atomic mass is 16.6. The maximum absolute atomic E-state index is 11.7. The molecule has 0 heterocycles. The number of rotatable bonds is 7. The van der Waals surface area contributed by atoms with Crippen LogP contribution in [0.5, 0.6) is 5.75 Å². The molecule has 0 aliphatic carbocycles. The molecule has 1 aromatic carbocycles. The second-order valence-electron chi connectivity index (χ2n) is 4.88. The van der Waals surface area contributed by atoms with Crippen molar-refractivity contribution in [3.63, 3.8) is 0 Å². The summed E-state index contributed by atoms with van der Waals surface area (Å²) in [5.74, 6) is 0.0527. The summed E-state index contributed by atoms with van der Waals surface area (Å²) in [7, 11) is 2.99. The number of carbonyl (C=O) groups excluding carboxylic acids is 1. The molecule has 1 rings (SSSR count). The number of benzene rings is 1. The average molecular weight is 296 g/mol. The van der Waals surface area contributed by atoms with Crippen LogP contribution in [0.25, 0.3) is 0 Å². The van der Waals surface area contributed by atoms with E-state index in [1.165, 1.54) is 19.2 Å². The number of nitrogens with one attached hydrogen (secondary N) is 1. The second-order valence-corrected chi connectivity index (χ2v) is 4.88. The Balaban J connectivity index is 2.73. The lowest BCUT2D eigenvalue weighted by Crippen LogP contribution is -2.49. The van der Waals surface area contributed by atoms with Crippen LogP contribution in [0, 0.1) is 17.0 Å². The van der Waals surface area contributed by atoms with Gasteiger partial charge in [-0.25, -0.2) is 0 Å². The molecular formula is C14H20N2O5. The van der Waals surface area contributed by atoms with Crippen LogP contribution in [0.2, 0.25) is 0 Å². The summed E-state index contributed by atoms with van der Waals surface area (Å²) in [4.78, 5) is 22.0. The molecule has 1 unspecified atom stereocenters. The molecule has 0 spiro atoms. The number of ether oxygens (including phenoxy) is 2. The maximum atomic E-state index is 11.7. The van der Waals surface area contributed by atoms with E-state index in [-0.39, 0.29) is 18.3 Å². The van der Waals surface area contributed by atoms with Crippen LogP contribution in [0.3, 0.4) is 0 Å². The van der Waals surface area contributed by atoms with Crippen molar-refractivity contribution in [2.45, 2.75) is 25.8 Å².